The second-order valence-corrected chi connectivity index (χ2v) is 8.62. The van der Waals surface area contributed by atoms with Gasteiger partial charge in [-0.2, -0.15) is 0 Å². The van der Waals surface area contributed by atoms with Crippen molar-refractivity contribution in [3.8, 4) is 0 Å². The highest BCUT2D eigenvalue weighted by atomic mass is 32.2. The topological polar surface area (TPSA) is 82.2 Å². The van der Waals surface area contributed by atoms with Crippen LogP contribution in [0.2, 0.25) is 0 Å². The van der Waals surface area contributed by atoms with Gasteiger partial charge in [0.15, 0.2) is 9.84 Å². The number of carbonyl (C=O) groups is 1. The Kier molecular flexibility index (Phi) is 4.15. The van der Waals surface area contributed by atoms with Crippen molar-refractivity contribution in [3.05, 3.63) is 59.8 Å². The minimum absolute atomic E-state index is 0.204. The molecule has 0 aliphatic rings. The quantitative estimate of drug-likeness (QED) is 0.775. The van der Waals surface area contributed by atoms with Crippen LogP contribution in [0.5, 0.6) is 0 Å². The molecule has 0 saturated heterocycles. The van der Waals surface area contributed by atoms with Gasteiger partial charge in [-0.15, -0.1) is 0 Å². The molecule has 7 heteroatoms. The number of fused-ring (bicyclic) bond motifs is 1. The minimum Gasteiger partial charge on any atom is -0.364 e. The van der Waals surface area contributed by atoms with Gasteiger partial charge in [0.1, 0.15) is 5.69 Å². The molecule has 0 bridgehead atoms. The van der Waals surface area contributed by atoms with Crippen molar-refractivity contribution in [2.24, 2.45) is 5.73 Å². The predicted octanol–water partition coefficient (Wildman–Crippen LogP) is 3.01. The molecule has 3 aromatic rings. The van der Waals surface area contributed by atoms with Crippen molar-refractivity contribution < 1.29 is 13.2 Å². The largest absolute Gasteiger partial charge is 0.364 e. The Hall–Kier alpha value is -2.25. The number of aryl methyl sites for hydroxylation is 1. The summed E-state index contributed by atoms with van der Waals surface area (Å²) in [5, 5.41) is 0.761. The first-order valence-corrected chi connectivity index (χ1v) is 9.82. The van der Waals surface area contributed by atoms with E-state index in [1.807, 2.05) is 31.2 Å². The predicted molar refractivity (Wildman–Crippen MR) is 96.0 cm³/mol. The number of benzene rings is 2. The van der Waals surface area contributed by atoms with Gasteiger partial charge in [0.05, 0.1) is 10.4 Å². The van der Waals surface area contributed by atoms with Gasteiger partial charge in [0.25, 0.3) is 5.91 Å². The Morgan fingerprint density at radius 1 is 1.12 bits per heavy atom. The zero-order valence-electron chi connectivity index (χ0n) is 13.2. The third-order valence-electron chi connectivity index (χ3n) is 3.60. The fourth-order valence-corrected chi connectivity index (χ4v) is 4.16. The summed E-state index contributed by atoms with van der Waals surface area (Å²) in [6, 6.07) is 14.3. The van der Waals surface area contributed by atoms with Crippen LogP contribution >= 0.6 is 11.9 Å². The Labute approximate surface area is 144 Å². The van der Waals surface area contributed by atoms with E-state index in [-0.39, 0.29) is 4.90 Å². The van der Waals surface area contributed by atoms with E-state index in [0.717, 1.165) is 22.1 Å². The molecule has 3 rings (SSSR count). The van der Waals surface area contributed by atoms with Gasteiger partial charge >= 0.3 is 0 Å². The average molecular weight is 360 g/mol. The first-order chi connectivity index (χ1) is 11.3. The van der Waals surface area contributed by atoms with Gasteiger partial charge in [0, 0.05) is 16.5 Å². The fraction of sp³-hybridized carbons (Fsp3) is 0.118. The molecule has 24 heavy (non-hydrogen) atoms. The van der Waals surface area contributed by atoms with Crippen LogP contribution in [0.1, 0.15) is 16.1 Å². The maximum absolute atomic E-state index is 11.8. The van der Waals surface area contributed by atoms with Crippen LogP contribution in [0.15, 0.2) is 58.3 Å². The summed E-state index contributed by atoms with van der Waals surface area (Å²) in [5.41, 5.74) is 7.54. The summed E-state index contributed by atoms with van der Waals surface area (Å²) in [6.07, 6.45) is 1.16. The zero-order chi connectivity index (χ0) is 17.5. The lowest BCUT2D eigenvalue weighted by Gasteiger charge is -2.09. The minimum atomic E-state index is -3.34. The molecule has 124 valence electrons. The second kappa shape index (κ2) is 5.99. The summed E-state index contributed by atoms with van der Waals surface area (Å²) in [5.74, 6) is -0.563. The molecule has 0 unspecified atom stereocenters. The molecule has 1 heterocycles. The maximum atomic E-state index is 11.8. The summed E-state index contributed by atoms with van der Waals surface area (Å²) in [6.45, 7) is 1.98. The summed E-state index contributed by atoms with van der Waals surface area (Å²) in [7, 11) is -3.34. The third-order valence-corrected chi connectivity index (χ3v) is 5.75. The van der Waals surface area contributed by atoms with Crippen molar-refractivity contribution in [1.29, 1.82) is 0 Å². The van der Waals surface area contributed by atoms with Crippen LogP contribution in [-0.4, -0.2) is 24.6 Å². The Balaban J connectivity index is 2.22. The van der Waals surface area contributed by atoms with Gasteiger partial charge < -0.3 is 5.73 Å². The number of sulfone groups is 1. The second-order valence-electron chi connectivity index (χ2n) is 5.59. The number of hydrogen-bond acceptors (Lipinski definition) is 4. The van der Waals surface area contributed by atoms with E-state index in [0.29, 0.717) is 11.2 Å². The molecule has 1 aromatic heterocycles. The highest BCUT2D eigenvalue weighted by molar-refractivity contribution is 7.98. The fourth-order valence-electron chi connectivity index (χ4n) is 2.43. The number of rotatable bonds is 4. The van der Waals surface area contributed by atoms with E-state index in [9.17, 15) is 13.2 Å². The molecule has 0 spiro atoms. The number of primary amides is 1. The summed E-state index contributed by atoms with van der Waals surface area (Å²) < 4.78 is 25.3. The molecule has 2 aromatic carbocycles. The van der Waals surface area contributed by atoms with Crippen LogP contribution < -0.4 is 5.73 Å². The van der Waals surface area contributed by atoms with Crippen molar-refractivity contribution >= 4 is 38.6 Å². The summed E-state index contributed by atoms with van der Waals surface area (Å²) in [4.78, 5) is 12.9. The van der Waals surface area contributed by atoms with Gasteiger partial charge in [0.2, 0.25) is 0 Å². The van der Waals surface area contributed by atoms with E-state index >= 15 is 0 Å². The number of amides is 1. The molecule has 5 nitrogen and oxygen atoms in total. The number of nitrogens with two attached hydrogens (primary N) is 1. The number of hydrogen-bond donors (Lipinski definition) is 1. The highest BCUT2D eigenvalue weighted by Gasteiger charge is 2.17. The van der Waals surface area contributed by atoms with Gasteiger partial charge in [-0.25, -0.2) is 8.42 Å². The number of nitrogens with zero attached hydrogens (tertiary/aromatic N) is 1. The molecular formula is C17H16N2O3S2. The molecule has 0 atom stereocenters. The van der Waals surface area contributed by atoms with E-state index in [1.165, 1.54) is 18.0 Å². The van der Waals surface area contributed by atoms with Crippen LogP contribution in [0.4, 0.5) is 0 Å². The first-order valence-electron chi connectivity index (χ1n) is 7.16. The highest BCUT2D eigenvalue weighted by Crippen LogP contribution is 2.31. The van der Waals surface area contributed by atoms with Crippen molar-refractivity contribution in [1.82, 2.24) is 3.97 Å². The number of carbonyl (C=O) groups excluding carboxylic acids is 1. The monoisotopic (exact) mass is 360 g/mol. The Bertz CT molecular complexity index is 1050. The van der Waals surface area contributed by atoms with E-state index in [1.54, 1.807) is 22.2 Å². The molecule has 0 aliphatic carbocycles. The van der Waals surface area contributed by atoms with Crippen LogP contribution in [0, 0.1) is 6.92 Å². The first kappa shape index (κ1) is 16.6. The molecule has 0 fully saturated rings. The Morgan fingerprint density at radius 3 is 2.50 bits per heavy atom. The standard InChI is InChI=1S/C17H16N2O3S2/c1-11-4-3-5-13(8-11)23-19-15-10-14(24(2,21)22)7-6-12(15)9-16(19)17(18)20/h3-10H,1-2H3,(H2,18,20). The lowest BCUT2D eigenvalue weighted by atomic mass is 10.2. The van der Waals surface area contributed by atoms with Crippen molar-refractivity contribution in [2.45, 2.75) is 16.7 Å². The SMILES string of the molecule is Cc1cccc(Sn2c(C(N)=O)cc3ccc(S(C)(=O)=O)cc32)c1. The molecule has 2 N–H and O–H groups in total. The Morgan fingerprint density at radius 2 is 1.88 bits per heavy atom. The van der Waals surface area contributed by atoms with Crippen LogP contribution in [0.3, 0.4) is 0 Å². The molecule has 0 radical (unpaired) electrons. The van der Waals surface area contributed by atoms with Crippen LogP contribution in [0.25, 0.3) is 10.9 Å². The van der Waals surface area contributed by atoms with Gasteiger partial charge in [-0.05, 0) is 54.8 Å². The van der Waals surface area contributed by atoms with E-state index in [2.05, 4.69) is 0 Å². The van der Waals surface area contributed by atoms with Crippen LogP contribution in [-0.2, 0) is 9.84 Å². The smallest absolute Gasteiger partial charge is 0.266 e. The normalized spacial score (nSPS) is 11.8. The molecule has 0 aliphatic heterocycles. The average Bonchev–Trinajstić information content (AvgIpc) is 2.85. The van der Waals surface area contributed by atoms with Gasteiger partial charge in [-0.1, -0.05) is 18.2 Å². The molecule has 1 amide bonds. The molecule has 0 saturated carbocycles. The maximum Gasteiger partial charge on any atom is 0.266 e. The zero-order valence-corrected chi connectivity index (χ0v) is 14.8. The van der Waals surface area contributed by atoms with Crippen molar-refractivity contribution in [3.63, 3.8) is 0 Å². The van der Waals surface area contributed by atoms with E-state index in [4.69, 9.17) is 5.73 Å². The lowest BCUT2D eigenvalue weighted by molar-refractivity contribution is 0.0995. The third kappa shape index (κ3) is 3.18. The van der Waals surface area contributed by atoms with Gasteiger partial charge in [-0.3, -0.25) is 8.77 Å². The van der Waals surface area contributed by atoms with Crippen molar-refractivity contribution in [2.75, 3.05) is 6.26 Å². The molecular weight excluding hydrogens is 344 g/mol. The summed E-state index contributed by atoms with van der Waals surface area (Å²) >= 11 is 1.33. The lowest BCUT2D eigenvalue weighted by Crippen LogP contribution is -2.14. The van der Waals surface area contributed by atoms with E-state index < -0.39 is 15.7 Å². The number of aromatic nitrogens is 1.